The molecule has 1 N–H and O–H groups in total. The Morgan fingerprint density at radius 3 is 3.00 bits per heavy atom. The molecule has 1 aromatic rings. The van der Waals surface area contributed by atoms with Gasteiger partial charge in [-0.05, 0) is 37.1 Å². The Bertz CT molecular complexity index is 425. The van der Waals surface area contributed by atoms with E-state index in [9.17, 15) is 5.11 Å². The zero-order valence-corrected chi connectivity index (χ0v) is 10.7. The topological polar surface area (TPSA) is 47.3 Å². The number of hydrogen-bond donors (Lipinski definition) is 1. The first-order chi connectivity index (χ1) is 8.83. The van der Waals surface area contributed by atoms with E-state index in [1.165, 1.54) is 19.3 Å². The fraction of sp³-hybridized carbons (Fsp3) is 0.533. The van der Waals surface area contributed by atoms with Gasteiger partial charge in [0.25, 0.3) is 0 Å². The van der Waals surface area contributed by atoms with Gasteiger partial charge in [-0.3, -0.25) is 4.90 Å². The van der Waals surface area contributed by atoms with Crippen LogP contribution in [0.4, 0.5) is 0 Å². The molecule has 1 fully saturated rings. The van der Waals surface area contributed by atoms with E-state index in [-0.39, 0.29) is 12.6 Å². The minimum absolute atomic E-state index is 0.234. The summed E-state index contributed by atoms with van der Waals surface area (Å²) in [4.78, 5) is 2.35. The van der Waals surface area contributed by atoms with Gasteiger partial charge in [0.15, 0.2) is 0 Å². The number of nitriles is 1. The molecule has 3 heteroatoms. The van der Waals surface area contributed by atoms with Crippen molar-refractivity contribution in [1.29, 1.82) is 5.26 Å². The molecule has 0 saturated carbocycles. The largest absolute Gasteiger partial charge is 0.395 e. The molecule has 1 saturated heterocycles. The van der Waals surface area contributed by atoms with E-state index in [4.69, 9.17) is 5.26 Å². The summed E-state index contributed by atoms with van der Waals surface area (Å²) in [5, 5.41) is 18.4. The lowest BCUT2D eigenvalue weighted by molar-refractivity contribution is 0.118. The highest BCUT2D eigenvalue weighted by Crippen LogP contribution is 2.19. The fourth-order valence-electron chi connectivity index (χ4n) is 2.63. The Balaban J connectivity index is 2.07. The van der Waals surface area contributed by atoms with Crippen LogP contribution in [0.25, 0.3) is 0 Å². The second kappa shape index (κ2) is 6.53. The summed E-state index contributed by atoms with van der Waals surface area (Å²) in [6.07, 6.45) is 4.74. The highest BCUT2D eigenvalue weighted by molar-refractivity contribution is 5.32. The van der Waals surface area contributed by atoms with Gasteiger partial charge in [0.2, 0.25) is 0 Å². The zero-order chi connectivity index (χ0) is 12.8. The van der Waals surface area contributed by atoms with Crippen molar-refractivity contribution in [1.82, 2.24) is 4.90 Å². The lowest BCUT2D eigenvalue weighted by Crippen LogP contribution is -2.36. The van der Waals surface area contributed by atoms with Crippen LogP contribution in [0.15, 0.2) is 24.3 Å². The predicted molar refractivity (Wildman–Crippen MR) is 70.9 cm³/mol. The molecule has 0 aliphatic carbocycles. The molecule has 18 heavy (non-hydrogen) atoms. The maximum atomic E-state index is 9.47. The van der Waals surface area contributed by atoms with E-state index >= 15 is 0 Å². The lowest BCUT2D eigenvalue weighted by atomic mass is 10.1. The van der Waals surface area contributed by atoms with Crippen molar-refractivity contribution in [3.05, 3.63) is 35.4 Å². The third-order valence-corrected chi connectivity index (χ3v) is 3.65. The van der Waals surface area contributed by atoms with Crippen molar-refractivity contribution in [2.75, 3.05) is 13.2 Å². The minimum atomic E-state index is 0.234. The first kappa shape index (κ1) is 13.1. The summed E-state index contributed by atoms with van der Waals surface area (Å²) in [7, 11) is 0. The average Bonchev–Trinajstić information content (AvgIpc) is 2.64. The van der Waals surface area contributed by atoms with Crippen molar-refractivity contribution in [2.45, 2.75) is 38.3 Å². The summed E-state index contributed by atoms with van der Waals surface area (Å²) in [5.41, 5.74) is 1.87. The molecule has 96 valence electrons. The molecule has 1 heterocycles. The molecule has 1 aliphatic rings. The molecule has 2 rings (SSSR count). The zero-order valence-electron chi connectivity index (χ0n) is 10.7. The van der Waals surface area contributed by atoms with Crippen LogP contribution in [-0.2, 0) is 6.54 Å². The first-order valence-electron chi connectivity index (χ1n) is 6.67. The fourth-order valence-corrected chi connectivity index (χ4v) is 2.63. The van der Waals surface area contributed by atoms with Gasteiger partial charge in [0.1, 0.15) is 0 Å². The quantitative estimate of drug-likeness (QED) is 0.887. The summed E-state index contributed by atoms with van der Waals surface area (Å²) in [6, 6.07) is 10.2. The van der Waals surface area contributed by atoms with E-state index in [1.807, 2.05) is 18.2 Å². The number of hydrogen-bond acceptors (Lipinski definition) is 3. The van der Waals surface area contributed by atoms with Crippen LogP contribution in [0.1, 0.15) is 36.8 Å². The van der Waals surface area contributed by atoms with Gasteiger partial charge in [0, 0.05) is 12.6 Å². The van der Waals surface area contributed by atoms with Crippen LogP contribution in [-0.4, -0.2) is 29.2 Å². The standard InChI is InChI=1S/C15H20N2O/c16-10-13-5-4-6-14(9-13)11-17-8-3-1-2-7-15(17)12-18/h4-6,9,15,18H,1-3,7-8,11-12H2. The Hall–Kier alpha value is -1.37. The van der Waals surface area contributed by atoms with Gasteiger partial charge in [0.05, 0.1) is 18.2 Å². The second-order valence-corrected chi connectivity index (χ2v) is 4.97. The summed E-state index contributed by atoms with van der Waals surface area (Å²) in [6.45, 7) is 2.11. The van der Waals surface area contributed by atoms with Crippen LogP contribution < -0.4 is 0 Å². The van der Waals surface area contributed by atoms with Crippen molar-refractivity contribution in [2.24, 2.45) is 0 Å². The predicted octanol–water partition coefficient (Wildman–Crippen LogP) is 2.30. The maximum absolute atomic E-state index is 9.47. The maximum Gasteiger partial charge on any atom is 0.0991 e. The van der Waals surface area contributed by atoms with Gasteiger partial charge in [-0.1, -0.05) is 25.0 Å². The summed E-state index contributed by atoms with van der Waals surface area (Å²) in [5.74, 6) is 0. The monoisotopic (exact) mass is 244 g/mol. The summed E-state index contributed by atoms with van der Waals surface area (Å²) >= 11 is 0. The molecular weight excluding hydrogens is 224 g/mol. The molecule has 1 unspecified atom stereocenters. The van der Waals surface area contributed by atoms with Crippen molar-refractivity contribution in [3.63, 3.8) is 0 Å². The van der Waals surface area contributed by atoms with Crippen LogP contribution in [0.2, 0.25) is 0 Å². The Morgan fingerprint density at radius 2 is 2.22 bits per heavy atom. The highest BCUT2D eigenvalue weighted by atomic mass is 16.3. The molecule has 3 nitrogen and oxygen atoms in total. The van der Waals surface area contributed by atoms with Crippen LogP contribution in [0.3, 0.4) is 0 Å². The molecular formula is C15H20N2O. The van der Waals surface area contributed by atoms with E-state index < -0.39 is 0 Å². The normalized spacial score (nSPS) is 21.2. The van der Waals surface area contributed by atoms with Crippen LogP contribution >= 0.6 is 0 Å². The average molecular weight is 244 g/mol. The van der Waals surface area contributed by atoms with E-state index in [2.05, 4.69) is 17.0 Å². The van der Waals surface area contributed by atoms with Crippen molar-refractivity contribution < 1.29 is 5.11 Å². The Kier molecular flexibility index (Phi) is 4.74. The van der Waals surface area contributed by atoms with E-state index in [0.717, 1.165) is 25.1 Å². The minimum Gasteiger partial charge on any atom is -0.395 e. The molecule has 1 atom stereocenters. The Morgan fingerprint density at radius 1 is 1.33 bits per heavy atom. The van der Waals surface area contributed by atoms with Gasteiger partial charge >= 0.3 is 0 Å². The van der Waals surface area contributed by atoms with Gasteiger partial charge in [-0.15, -0.1) is 0 Å². The van der Waals surface area contributed by atoms with Crippen molar-refractivity contribution >= 4 is 0 Å². The highest BCUT2D eigenvalue weighted by Gasteiger charge is 2.20. The van der Waals surface area contributed by atoms with Crippen molar-refractivity contribution in [3.8, 4) is 6.07 Å². The first-order valence-corrected chi connectivity index (χ1v) is 6.67. The molecule has 0 bridgehead atoms. The van der Waals surface area contributed by atoms with E-state index in [0.29, 0.717) is 5.56 Å². The van der Waals surface area contributed by atoms with Crippen LogP contribution in [0, 0.1) is 11.3 Å². The third kappa shape index (κ3) is 3.32. The summed E-state index contributed by atoms with van der Waals surface area (Å²) < 4.78 is 0. The number of aliphatic hydroxyl groups excluding tert-OH is 1. The molecule has 0 amide bonds. The number of rotatable bonds is 3. The van der Waals surface area contributed by atoms with Gasteiger partial charge < -0.3 is 5.11 Å². The molecule has 0 aromatic heterocycles. The van der Waals surface area contributed by atoms with Crippen LogP contribution in [0.5, 0.6) is 0 Å². The molecule has 0 radical (unpaired) electrons. The third-order valence-electron chi connectivity index (χ3n) is 3.65. The SMILES string of the molecule is N#Cc1cccc(CN2CCCCCC2CO)c1. The van der Waals surface area contributed by atoms with Gasteiger partial charge in [-0.2, -0.15) is 5.26 Å². The molecule has 1 aromatic carbocycles. The molecule has 1 aliphatic heterocycles. The number of benzene rings is 1. The van der Waals surface area contributed by atoms with Gasteiger partial charge in [-0.25, -0.2) is 0 Å². The lowest BCUT2D eigenvalue weighted by Gasteiger charge is -2.28. The number of aliphatic hydroxyl groups is 1. The Labute approximate surface area is 109 Å². The number of nitrogens with zero attached hydrogens (tertiary/aromatic N) is 2. The smallest absolute Gasteiger partial charge is 0.0991 e. The second-order valence-electron chi connectivity index (χ2n) is 4.97. The molecule has 0 spiro atoms. The van der Waals surface area contributed by atoms with E-state index in [1.54, 1.807) is 0 Å². The number of likely N-dealkylation sites (tertiary alicyclic amines) is 1.